The Hall–Kier alpha value is -3.02. The molecule has 2 amide bonds. The van der Waals surface area contributed by atoms with Gasteiger partial charge in [0.1, 0.15) is 17.7 Å². The van der Waals surface area contributed by atoms with Gasteiger partial charge in [0.15, 0.2) is 9.84 Å². The van der Waals surface area contributed by atoms with Crippen LogP contribution in [0.4, 0.5) is 4.79 Å². The van der Waals surface area contributed by atoms with Crippen LogP contribution in [0.5, 0.6) is 0 Å². The molecule has 33 heavy (non-hydrogen) atoms. The van der Waals surface area contributed by atoms with Crippen LogP contribution >= 0.6 is 22.7 Å². The normalized spacial score (nSPS) is 16.6. The van der Waals surface area contributed by atoms with Gasteiger partial charge in [-0.15, -0.1) is 22.7 Å². The number of carbonyl (C=O) groups is 2. The summed E-state index contributed by atoms with van der Waals surface area (Å²) in [5.41, 5.74) is 1.40. The van der Waals surface area contributed by atoms with Gasteiger partial charge in [-0.2, -0.15) is 0 Å². The van der Waals surface area contributed by atoms with Crippen molar-refractivity contribution in [3.63, 3.8) is 0 Å². The van der Waals surface area contributed by atoms with E-state index >= 15 is 0 Å². The van der Waals surface area contributed by atoms with Crippen molar-refractivity contribution in [1.29, 1.82) is 0 Å². The first-order valence-corrected chi connectivity index (χ1v) is 13.6. The maximum Gasteiger partial charge on any atom is 0.338 e. The van der Waals surface area contributed by atoms with Gasteiger partial charge in [-0.05, 0) is 23.9 Å². The zero-order valence-electron chi connectivity index (χ0n) is 17.8. The average Bonchev–Trinajstić information content (AvgIpc) is 3.47. The summed E-state index contributed by atoms with van der Waals surface area (Å²) < 4.78 is 30.2. The second-order valence-electron chi connectivity index (χ2n) is 7.38. The molecule has 0 aliphatic carbocycles. The third-order valence-electron chi connectivity index (χ3n) is 5.12. The summed E-state index contributed by atoms with van der Waals surface area (Å²) in [6.07, 6.45) is 2.74. The number of amides is 2. The molecule has 11 heteroatoms. The van der Waals surface area contributed by atoms with E-state index in [2.05, 4.69) is 10.3 Å². The molecule has 1 atom stereocenters. The first kappa shape index (κ1) is 23.1. The Morgan fingerprint density at radius 3 is 2.61 bits per heavy atom. The number of thiophene rings is 1. The van der Waals surface area contributed by atoms with Gasteiger partial charge in [0.2, 0.25) is 0 Å². The van der Waals surface area contributed by atoms with E-state index in [9.17, 15) is 18.0 Å². The standard InChI is InChI=1S/C22H21N3O5S3/c1-14-18(21(26)30-13-15-6-4-3-5-7-15)19(20-16(8-10-32-20)33(2,28)29)24-22(27)25(14)12-17-23-9-11-31-17/h3-11,19H,12-13H2,1-2H3,(H,24,27). The van der Waals surface area contributed by atoms with Gasteiger partial charge in [-0.3, -0.25) is 4.90 Å². The Labute approximate surface area is 199 Å². The van der Waals surface area contributed by atoms with Crippen molar-refractivity contribution in [2.45, 2.75) is 31.0 Å². The van der Waals surface area contributed by atoms with Crippen LogP contribution in [0, 0.1) is 0 Å². The van der Waals surface area contributed by atoms with E-state index in [1.54, 1.807) is 23.9 Å². The number of rotatable bonds is 7. The summed E-state index contributed by atoms with van der Waals surface area (Å²) in [5.74, 6) is -0.627. The van der Waals surface area contributed by atoms with Crippen LogP contribution in [0.1, 0.15) is 28.4 Å². The maximum atomic E-state index is 13.3. The Kier molecular flexibility index (Phi) is 6.63. The Morgan fingerprint density at radius 2 is 1.94 bits per heavy atom. The van der Waals surface area contributed by atoms with Crippen molar-refractivity contribution >= 4 is 44.5 Å². The minimum absolute atomic E-state index is 0.0486. The van der Waals surface area contributed by atoms with Crippen molar-refractivity contribution in [3.8, 4) is 0 Å². The van der Waals surface area contributed by atoms with Crippen molar-refractivity contribution in [2.24, 2.45) is 0 Å². The molecule has 1 aliphatic heterocycles. The van der Waals surface area contributed by atoms with Crippen molar-refractivity contribution < 1.29 is 22.7 Å². The number of nitrogens with one attached hydrogen (secondary N) is 1. The molecule has 1 aliphatic rings. The molecule has 3 heterocycles. The summed E-state index contributed by atoms with van der Waals surface area (Å²) in [6.45, 7) is 1.89. The van der Waals surface area contributed by atoms with Gasteiger partial charge in [0.05, 0.1) is 21.9 Å². The quantitative estimate of drug-likeness (QED) is 0.491. The van der Waals surface area contributed by atoms with E-state index in [4.69, 9.17) is 4.74 Å². The fourth-order valence-corrected chi connectivity index (χ4v) is 6.46. The van der Waals surface area contributed by atoms with Crippen LogP contribution in [0.15, 0.2) is 69.5 Å². The van der Waals surface area contributed by atoms with Crippen LogP contribution in [0.2, 0.25) is 0 Å². The van der Waals surface area contributed by atoms with Crippen LogP contribution in [0.25, 0.3) is 0 Å². The highest BCUT2D eigenvalue weighted by Gasteiger charge is 2.39. The molecular formula is C22H21N3O5S3. The Balaban J connectivity index is 1.73. The first-order valence-electron chi connectivity index (χ1n) is 9.91. The number of benzene rings is 1. The number of hydrogen-bond acceptors (Lipinski definition) is 8. The number of thiazole rings is 1. The number of allylic oxidation sites excluding steroid dienone is 1. The van der Waals surface area contributed by atoms with E-state index in [1.165, 1.54) is 22.3 Å². The molecule has 8 nitrogen and oxygen atoms in total. The summed E-state index contributed by atoms with van der Waals surface area (Å²) in [4.78, 5) is 32.4. The van der Waals surface area contributed by atoms with Crippen LogP contribution < -0.4 is 5.32 Å². The van der Waals surface area contributed by atoms with E-state index in [0.29, 0.717) is 15.6 Å². The second-order valence-corrected chi connectivity index (χ2v) is 11.3. The highest BCUT2D eigenvalue weighted by molar-refractivity contribution is 7.90. The molecule has 3 aromatic rings. The predicted octanol–water partition coefficient (Wildman–Crippen LogP) is 3.89. The molecule has 172 valence electrons. The lowest BCUT2D eigenvalue weighted by atomic mass is 10.0. The number of nitrogens with zero attached hydrogens (tertiary/aromatic N) is 2. The molecule has 1 unspecified atom stereocenters. The van der Waals surface area contributed by atoms with Crippen LogP contribution in [0.3, 0.4) is 0 Å². The summed E-state index contributed by atoms with van der Waals surface area (Å²) in [7, 11) is -3.57. The topological polar surface area (TPSA) is 106 Å². The monoisotopic (exact) mass is 503 g/mol. The van der Waals surface area contributed by atoms with Crippen LogP contribution in [-0.2, 0) is 32.5 Å². The molecule has 1 aromatic carbocycles. The van der Waals surface area contributed by atoms with Crippen LogP contribution in [-0.4, -0.2) is 36.6 Å². The Morgan fingerprint density at radius 1 is 1.18 bits per heavy atom. The van der Waals surface area contributed by atoms with Gasteiger partial charge in [-0.1, -0.05) is 30.3 Å². The van der Waals surface area contributed by atoms with Crippen molar-refractivity contribution in [1.82, 2.24) is 15.2 Å². The summed E-state index contributed by atoms with van der Waals surface area (Å²) >= 11 is 2.56. The number of ether oxygens (including phenoxy) is 1. The number of hydrogen-bond donors (Lipinski definition) is 1. The van der Waals surface area contributed by atoms with E-state index < -0.39 is 27.9 Å². The lowest BCUT2D eigenvalue weighted by molar-refractivity contribution is -0.141. The number of sulfone groups is 1. The largest absolute Gasteiger partial charge is 0.457 e. The van der Waals surface area contributed by atoms with Gasteiger partial charge in [0.25, 0.3) is 0 Å². The van der Waals surface area contributed by atoms with E-state index in [-0.39, 0.29) is 23.6 Å². The molecule has 0 radical (unpaired) electrons. The lowest BCUT2D eigenvalue weighted by Gasteiger charge is -2.34. The highest BCUT2D eigenvalue weighted by Crippen LogP contribution is 2.38. The van der Waals surface area contributed by atoms with Gasteiger partial charge < -0.3 is 10.1 Å². The van der Waals surface area contributed by atoms with Crippen molar-refractivity contribution in [3.05, 3.63) is 80.1 Å². The fraction of sp³-hybridized carbons (Fsp3) is 0.227. The molecule has 0 saturated carbocycles. The molecule has 1 N–H and O–H groups in total. The molecule has 0 bridgehead atoms. The zero-order valence-corrected chi connectivity index (χ0v) is 20.3. The molecule has 0 saturated heterocycles. The summed E-state index contributed by atoms with van der Waals surface area (Å²) in [5, 5.41) is 6.94. The highest BCUT2D eigenvalue weighted by atomic mass is 32.2. The predicted molar refractivity (Wildman–Crippen MR) is 125 cm³/mol. The lowest BCUT2D eigenvalue weighted by Crippen LogP contribution is -2.47. The molecule has 4 rings (SSSR count). The van der Waals surface area contributed by atoms with Gasteiger partial charge in [0, 0.05) is 23.5 Å². The zero-order chi connectivity index (χ0) is 23.6. The number of carbonyl (C=O) groups excluding carboxylic acids is 2. The minimum atomic E-state index is -3.57. The third-order valence-corrected chi connectivity index (χ3v) is 8.15. The van der Waals surface area contributed by atoms with E-state index in [0.717, 1.165) is 23.2 Å². The van der Waals surface area contributed by atoms with Gasteiger partial charge >= 0.3 is 12.0 Å². The van der Waals surface area contributed by atoms with Crippen molar-refractivity contribution in [2.75, 3.05) is 6.26 Å². The second kappa shape index (κ2) is 9.46. The Bertz CT molecular complexity index is 1300. The smallest absolute Gasteiger partial charge is 0.338 e. The summed E-state index contributed by atoms with van der Waals surface area (Å²) in [6, 6.07) is 9.32. The number of esters is 1. The van der Waals surface area contributed by atoms with Gasteiger partial charge in [-0.25, -0.2) is 23.0 Å². The minimum Gasteiger partial charge on any atom is -0.457 e. The third kappa shape index (κ3) is 5.00. The number of aromatic nitrogens is 1. The molecule has 0 fully saturated rings. The maximum absolute atomic E-state index is 13.3. The molecule has 2 aromatic heterocycles. The molecule has 0 spiro atoms. The number of urea groups is 1. The fourth-order valence-electron chi connectivity index (χ4n) is 3.53. The molecular weight excluding hydrogens is 482 g/mol. The average molecular weight is 504 g/mol. The SMILES string of the molecule is CC1=C(C(=O)OCc2ccccc2)C(c2sccc2S(C)(=O)=O)NC(=O)N1Cc1nccs1. The van der Waals surface area contributed by atoms with E-state index in [1.807, 2.05) is 30.3 Å². The first-order chi connectivity index (χ1) is 15.8.